The summed E-state index contributed by atoms with van der Waals surface area (Å²) in [5.74, 6) is 0. The first-order valence-electron chi connectivity index (χ1n) is 5.11. The molecule has 0 unspecified atom stereocenters. The van der Waals surface area contributed by atoms with Gasteiger partial charge in [0.25, 0.3) is 0 Å². The smallest absolute Gasteiger partial charge is 0.169 e. The monoisotopic (exact) mass is 187 g/mol. The fourth-order valence-electron chi connectivity index (χ4n) is 1.59. The number of nitrogens with zero attached hydrogens (tertiary/aromatic N) is 1. The summed E-state index contributed by atoms with van der Waals surface area (Å²) < 4.78 is 10.4. The standard InChI is InChI=1S/C10H21NO2/c1-4-7-11(9-5-6-9)8-10(12-2)13-3/h9-10H,4-8H2,1-3H3. The average molecular weight is 187 g/mol. The molecule has 1 aliphatic carbocycles. The summed E-state index contributed by atoms with van der Waals surface area (Å²) in [4.78, 5) is 2.47. The molecule has 0 bridgehead atoms. The highest BCUT2D eigenvalue weighted by atomic mass is 16.7. The Kier molecular flexibility index (Phi) is 4.70. The van der Waals surface area contributed by atoms with E-state index in [9.17, 15) is 0 Å². The second kappa shape index (κ2) is 5.58. The normalized spacial score (nSPS) is 17.3. The topological polar surface area (TPSA) is 21.7 Å². The van der Waals surface area contributed by atoms with E-state index in [2.05, 4.69) is 11.8 Å². The molecule has 78 valence electrons. The SMILES string of the molecule is CCCN(CC(OC)OC)C1CC1. The van der Waals surface area contributed by atoms with Crippen molar-refractivity contribution < 1.29 is 9.47 Å². The molecule has 1 fully saturated rings. The van der Waals surface area contributed by atoms with Gasteiger partial charge in [-0.1, -0.05) is 6.92 Å². The number of ether oxygens (including phenoxy) is 2. The summed E-state index contributed by atoms with van der Waals surface area (Å²) in [6.45, 7) is 4.28. The van der Waals surface area contributed by atoms with E-state index < -0.39 is 0 Å². The van der Waals surface area contributed by atoms with Crippen LogP contribution in [-0.4, -0.2) is 44.5 Å². The highest BCUT2D eigenvalue weighted by Crippen LogP contribution is 2.27. The van der Waals surface area contributed by atoms with E-state index in [0.29, 0.717) is 0 Å². The lowest BCUT2D eigenvalue weighted by Crippen LogP contribution is -2.36. The maximum atomic E-state index is 5.19. The Morgan fingerprint density at radius 3 is 2.31 bits per heavy atom. The highest BCUT2D eigenvalue weighted by molar-refractivity contribution is 4.84. The molecule has 0 N–H and O–H groups in total. The van der Waals surface area contributed by atoms with Crippen molar-refractivity contribution in [2.75, 3.05) is 27.3 Å². The maximum absolute atomic E-state index is 5.19. The molecule has 0 heterocycles. The van der Waals surface area contributed by atoms with Gasteiger partial charge in [-0.05, 0) is 25.8 Å². The van der Waals surface area contributed by atoms with Crippen LogP contribution in [0.15, 0.2) is 0 Å². The molecule has 0 atom stereocenters. The zero-order valence-electron chi connectivity index (χ0n) is 8.95. The van der Waals surface area contributed by atoms with Gasteiger partial charge in [-0.3, -0.25) is 4.90 Å². The predicted octanol–water partition coefficient (Wildman–Crippen LogP) is 1.48. The third-order valence-electron chi connectivity index (χ3n) is 2.48. The second-order valence-electron chi connectivity index (χ2n) is 3.63. The van der Waals surface area contributed by atoms with E-state index >= 15 is 0 Å². The summed E-state index contributed by atoms with van der Waals surface area (Å²) in [6, 6.07) is 0.799. The van der Waals surface area contributed by atoms with E-state index in [-0.39, 0.29) is 6.29 Å². The number of hydrogen-bond acceptors (Lipinski definition) is 3. The Morgan fingerprint density at radius 1 is 1.31 bits per heavy atom. The highest BCUT2D eigenvalue weighted by Gasteiger charge is 2.29. The summed E-state index contributed by atoms with van der Waals surface area (Å²) in [5.41, 5.74) is 0. The fourth-order valence-corrected chi connectivity index (χ4v) is 1.59. The molecule has 0 saturated heterocycles. The minimum Gasteiger partial charge on any atom is -0.355 e. The molecule has 1 rings (SSSR count). The molecule has 0 aromatic heterocycles. The second-order valence-corrected chi connectivity index (χ2v) is 3.63. The van der Waals surface area contributed by atoms with Crippen LogP contribution in [0.2, 0.25) is 0 Å². The van der Waals surface area contributed by atoms with Crippen LogP contribution in [0, 0.1) is 0 Å². The Morgan fingerprint density at radius 2 is 1.92 bits per heavy atom. The first kappa shape index (κ1) is 11.0. The summed E-state index contributed by atoms with van der Waals surface area (Å²) in [6.07, 6.45) is 3.84. The van der Waals surface area contributed by atoms with Gasteiger partial charge >= 0.3 is 0 Å². The third kappa shape index (κ3) is 3.63. The van der Waals surface area contributed by atoms with Gasteiger partial charge in [-0.25, -0.2) is 0 Å². The molecule has 0 amide bonds. The first-order chi connectivity index (χ1) is 6.31. The Labute approximate surface area is 81.0 Å². The lowest BCUT2D eigenvalue weighted by molar-refractivity contribution is -0.117. The number of rotatable bonds is 7. The van der Waals surface area contributed by atoms with Crippen molar-refractivity contribution in [2.45, 2.75) is 38.5 Å². The zero-order chi connectivity index (χ0) is 9.68. The van der Waals surface area contributed by atoms with Crippen molar-refractivity contribution in [3.63, 3.8) is 0 Å². The van der Waals surface area contributed by atoms with E-state index in [1.54, 1.807) is 14.2 Å². The average Bonchev–Trinajstić information content (AvgIpc) is 2.95. The first-order valence-corrected chi connectivity index (χ1v) is 5.11. The van der Waals surface area contributed by atoms with Crippen molar-refractivity contribution in [2.24, 2.45) is 0 Å². The van der Waals surface area contributed by atoms with Crippen molar-refractivity contribution in [1.29, 1.82) is 0 Å². The Bertz CT molecular complexity index is 133. The van der Waals surface area contributed by atoms with Crippen LogP contribution in [0.25, 0.3) is 0 Å². The molecule has 0 radical (unpaired) electrons. The quantitative estimate of drug-likeness (QED) is 0.563. The zero-order valence-corrected chi connectivity index (χ0v) is 8.95. The molecule has 0 spiro atoms. The number of hydrogen-bond donors (Lipinski definition) is 0. The van der Waals surface area contributed by atoms with Gasteiger partial charge < -0.3 is 9.47 Å². The third-order valence-corrected chi connectivity index (χ3v) is 2.48. The molecule has 0 aromatic carbocycles. The van der Waals surface area contributed by atoms with Gasteiger partial charge in [0.05, 0.1) is 0 Å². The summed E-state index contributed by atoms with van der Waals surface area (Å²) in [7, 11) is 3.40. The van der Waals surface area contributed by atoms with Crippen LogP contribution < -0.4 is 0 Å². The molecule has 1 aliphatic rings. The predicted molar refractivity (Wildman–Crippen MR) is 52.7 cm³/mol. The largest absolute Gasteiger partial charge is 0.355 e. The maximum Gasteiger partial charge on any atom is 0.169 e. The van der Waals surface area contributed by atoms with Crippen LogP contribution in [-0.2, 0) is 9.47 Å². The van der Waals surface area contributed by atoms with Gasteiger partial charge in [-0.15, -0.1) is 0 Å². The Hall–Kier alpha value is -0.120. The van der Waals surface area contributed by atoms with Crippen LogP contribution in [0.4, 0.5) is 0 Å². The van der Waals surface area contributed by atoms with E-state index in [4.69, 9.17) is 9.47 Å². The lowest BCUT2D eigenvalue weighted by atomic mass is 10.4. The van der Waals surface area contributed by atoms with E-state index in [1.807, 2.05) is 0 Å². The van der Waals surface area contributed by atoms with E-state index in [1.165, 1.54) is 19.3 Å². The van der Waals surface area contributed by atoms with Gasteiger partial charge in [-0.2, -0.15) is 0 Å². The van der Waals surface area contributed by atoms with Gasteiger partial charge in [0.15, 0.2) is 6.29 Å². The molecular formula is C10H21NO2. The van der Waals surface area contributed by atoms with Crippen molar-refractivity contribution in [1.82, 2.24) is 4.90 Å². The van der Waals surface area contributed by atoms with Gasteiger partial charge in [0.1, 0.15) is 0 Å². The van der Waals surface area contributed by atoms with Crippen molar-refractivity contribution in [3.8, 4) is 0 Å². The molecule has 1 saturated carbocycles. The lowest BCUT2D eigenvalue weighted by Gasteiger charge is -2.25. The van der Waals surface area contributed by atoms with Gasteiger partial charge in [0.2, 0.25) is 0 Å². The van der Waals surface area contributed by atoms with Crippen molar-refractivity contribution in [3.05, 3.63) is 0 Å². The molecule has 3 heteroatoms. The van der Waals surface area contributed by atoms with Crippen LogP contribution in [0.5, 0.6) is 0 Å². The molecule has 0 aromatic rings. The molecule has 3 nitrogen and oxygen atoms in total. The minimum atomic E-state index is -0.0628. The number of methoxy groups -OCH3 is 2. The minimum absolute atomic E-state index is 0.0628. The van der Waals surface area contributed by atoms with Crippen LogP contribution >= 0.6 is 0 Å². The van der Waals surface area contributed by atoms with Crippen molar-refractivity contribution >= 4 is 0 Å². The Balaban J connectivity index is 2.27. The van der Waals surface area contributed by atoms with Crippen LogP contribution in [0.3, 0.4) is 0 Å². The molecule has 13 heavy (non-hydrogen) atoms. The van der Waals surface area contributed by atoms with Gasteiger partial charge in [0, 0.05) is 26.8 Å². The molecule has 0 aliphatic heterocycles. The summed E-state index contributed by atoms with van der Waals surface area (Å²) in [5, 5.41) is 0. The van der Waals surface area contributed by atoms with Crippen LogP contribution in [0.1, 0.15) is 26.2 Å². The van der Waals surface area contributed by atoms with E-state index in [0.717, 1.165) is 19.1 Å². The summed E-state index contributed by atoms with van der Waals surface area (Å²) >= 11 is 0. The fraction of sp³-hybridized carbons (Fsp3) is 1.00. The molecular weight excluding hydrogens is 166 g/mol.